The first-order valence-corrected chi connectivity index (χ1v) is 6.38. The molecule has 3 aromatic rings. The molecule has 0 atom stereocenters. The smallest absolute Gasteiger partial charge is 0.158 e. The first-order valence-electron chi connectivity index (χ1n) is 6.00. The van der Waals surface area contributed by atoms with Crippen molar-refractivity contribution in [1.29, 1.82) is 5.26 Å². The number of halogens is 1. The molecule has 0 aliphatic rings. The average Bonchev–Trinajstić information content (AvgIpc) is 2.52. The van der Waals surface area contributed by atoms with E-state index in [0.29, 0.717) is 22.1 Å². The molecule has 21 heavy (non-hydrogen) atoms. The van der Waals surface area contributed by atoms with Crippen LogP contribution in [-0.4, -0.2) is 22.8 Å². The molecule has 2 radical (unpaired) electrons. The molecule has 0 bridgehead atoms. The minimum atomic E-state index is 0.253. The van der Waals surface area contributed by atoms with Gasteiger partial charge in [-0.2, -0.15) is 5.26 Å². The summed E-state index contributed by atoms with van der Waals surface area (Å²) in [5, 5.41) is 13.9. The van der Waals surface area contributed by atoms with Gasteiger partial charge >= 0.3 is 0 Å². The second-order valence-corrected chi connectivity index (χ2v) is 4.68. The molecule has 1 aromatic carbocycles. The van der Waals surface area contributed by atoms with Gasteiger partial charge in [-0.05, 0) is 17.5 Å². The van der Waals surface area contributed by atoms with Gasteiger partial charge in [0.05, 0.1) is 12.4 Å². The molecule has 2 heterocycles. The summed E-state index contributed by atoms with van der Waals surface area (Å²) in [6, 6.07) is 7.18. The third-order valence-electron chi connectivity index (χ3n) is 2.90. The Bertz CT molecular complexity index is 858. The number of fused-ring (bicyclic) bond motifs is 1. The number of rotatable bonds is 2. The van der Waals surface area contributed by atoms with Crippen molar-refractivity contribution >= 4 is 47.3 Å². The molecule has 0 amide bonds. The molecule has 3 rings (SSSR count). The van der Waals surface area contributed by atoms with Gasteiger partial charge in [0, 0.05) is 16.6 Å². The average molecular weight is 292 g/mol. The van der Waals surface area contributed by atoms with Crippen LogP contribution in [0.5, 0.6) is 0 Å². The molecule has 0 aliphatic carbocycles. The van der Waals surface area contributed by atoms with Crippen LogP contribution in [0.3, 0.4) is 0 Å². The third kappa shape index (κ3) is 2.64. The van der Waals surface area contributed by atoms with Gasteiger partial charge in [0.2, 0.25) is 0 Å². The fourth-order valence-electron chi connectivity index (χ4n) is 1.88. The molecule has 0 fully saturated rings. The van der Waals surface area contributed by atoms with E-state index in [1.807, 2.05) is 6.07 Å². The van der Waals surface area contributed by atoms with Crippen LogP contribution in [0.15, 0.2) is 36.8 Å². The molecule has 1 N–H and O–H groups in total. The molecule has 7 heteroatoms. The summed E-state index contributed by atoms with van der Waals surface area (Å²) >= 11 is 6.11. The lowest BCUT2D eigenvalue weighted by Gasteiger charge is -2.08. The van der Waals surface area contributed by atoms with Crippen LogP contribution >= 0.6 is 11.6 Å². The van der Waals surface area contributed by atoms with E-state index in [2.05, 4.69) is 20.3 Å². The first kappa shape index (κ1) is 13.3. The van der Waals surface area contributed by atoms with Crippen LogP contribution in [0.25, 0.3) is 10.8 Å². The van der Waals surface area contributed by atoms with Gasteiger partial charge in [0.15, 0.2) is 5.69 Å². The normalized spacial score (nSPS) is 10.3. The summed E-state index contributed by atoms with van der Waals surface area (Å²) in [6.07, 6.45) is 4.49. The summed E-state index contributed by atoms with van der Waals surface area (Å²) < 4.78 is 0. The lowest BCUT2D eigenvalue weighted by molar-refractivity contribution is 1.15. The zero-order valence-electron chi connectivity index (χ0n) is 10.7. The highest BCUT2D eigenvalue weighted by atomic mass is 35.5. The Morgan fingerprint density at radius 3 is 2.57 bits per heavy atom. The second-order valence-electron chi connectivity index (χ2n) is 4.28. The number of anilines is 2. The number of hydrogen-bond donors (Lipinski definition) is 1. The zero-order valence-corrected chi connectivity index (χ0v) is 11.5. The van der Waals surface area contributed by atoms with E-state index in [9.17, 15) is 0 Å². The largest absolute Gasteiger partial charge is 0.324 e. The lowest BCUT2D eigenvalue weighted by Crippen LogP contribution is -2.05. The third-order valence-corrected chi connectivity index (χ3v) is 3.23. The molecule has 0 saturated carbocycles. The van der Waals surface area contributed by atoms with Crippen molar-refractivity contribution in [3.8, 4) is 6.07 Å². The van der Waals surface area contributed by atoms with Crippen LogP contribution in [0.1, 0.15) is 5.69 Å². The van der Waals surface area contributed by atoms with Gasteiger partial charge in [0.25, 0.3) is 0 Å². The molecular formula is C14H7BClN5. The fourth-order valence-corrected chi connectivity index (χ4v) is 2.09. The van der Waals surface area contributed by atoms with Gasteiger partial charge in [-0.3, -0.25) is 0 Å². The Morgan fingerprint density at radius 2 is 1.86 bits per heavy atom. The van der Waals surface area contributed by atoms with Gasteiger partial charge in [-0.1, -0.05) is 23.1 Å². The number of aromatic nitrogens is 3. The summed E-state index contributed by atoms with van der Waals surface area (Å²) in [5.41, 5.74) is 0.869. The van der Waals surface area contributed by atoms with Crippen molar-refractivity contribution in [3.63, 3.8) is 0 Å². The molecule has 2 aromatic heterocycles. The van der Waals surface area contributed by atoms with E-state index in [-0.39, 0.29) is 5.69 Å². The predicted octanol–water partition coefficient (Wildman–Crippen LogP) is 2.09. The van der Waals surface area contributed by atoms with Crippen molar-refractivity contribution in [3.05, 3.63) is 47.5 Å². The van der Waals surface area contributed by atoms with E-state index >= 15 is 0 Å². The maximum absolute atomic E-state index is 8.68. The van der Waals surface area contributed by atoms with Crippen LogP contribution in [0, 0.1) is 11.3 Å². The summed E-state index contributed by atoms with van der Waals surface area (Å²) in [5.74, 6) is 1.05. The van der Waals surface area contributed by atoms with Crippen LogP contribution in [-0.2, 0) is 0 Å². The summed E-state index contributed by atoms with van der Waals surface area (Å²) in [4.78, 5) is 12.3. The maximum Gasteiger partial charge on any atom is 0.158 e. The summed E-state index contributed by atoms with van der Waals surface area (Å²) in [7, 11) is 5.95. The maximum atomic E-state index is 8.68. The van der Waals surface area contributed by atoms with Crippen molar-refractivity contribution in [1.82, 2.24) is 15.0 Å². The number of nitriles is 1. The predicted molar refractivity (Wildman–Crippen MR) is 82.2 cm³/mol. The molecule has 5 nitrogen and oxygen atoms in total. The van der Waals surface area contributed by atoms with E-state index in [1.165, 1.54) is 12.4 Å². The van der Waals surface area contributed by atoms with E-state index in [4.69, 9.17) is 24.7 Å². The molecule has 0 aliphatic heterocycles. The number of hydrogen-bond acceptors (Lipinski definition) is 5. The Morgan fingerprint density at radius 1 is 1.05 bits per heavy atom. The Balaban J connectivity index is 1.97. The molecule has 0 saturated heterocycles. The van der Waals surface area contributed by atoms with E-state index in [0.717, 1.165) is 10.8 Å². The van der Waals surface area contributed by atoms with Crippen LogP contribution < -0.4 is 10.8 Å². The van der Waals surface area contributed by atoms with Crippen molar-refractivity contribution in [2.45, 2.75) is 0 Å². The topological polar surface area (TPSA) is 74.5 Å². The standard InChI is InChI=1S/C14H7BClN5/c15-11-1-2-12(16)10-6-20-13(3-9(10)11)21-14-7-18-8(4-17)5-19-14/h1-3,5-7H,(H,19,20,21). The highest BCUT2D eigenvalue weighted by Gasteiger charge is 2.05. The second kappa shape index (κ2) is 5.39. The van der Waals surface area contributed by atoms with Crippen molar-refractivity contribution in [2.24, 2.45) is 0 Å². The minimum absolute atomic E-state index is 0.253. The first-order chi connectivity index (χ1) is 10.2. The quantitative estimate of drug-likeness (QED) is 0.732. The van der Waals surface area contributed by atoms with Crippen molar-refractivity contribution < 1.29 is 0 Å². The van der Waals surface area contributed by atoms with E-state index in [1.54, 1.807) is 24.4 Å². The van der Waals surface area contributed by atoms with Crippen LogP contribution in [0.2, 0.25) is 5.02 Å². The van der Waals surface area contributed by atoms with Crippen molar-refractivity contribution in [2.75, 3.05) is 5.32 Å². The SMILES string of the molecule is [B]c1ccc(Cl)c2cnc(Nc3cnc(C#N)cn3)cc12. The highest BCUT2D eigenvalue weighted by Crippen LogP contribution is 2.23. The number of pyridine rings is 1. The van der Waals surface area contributed by atoms with Gasteiger partial charge < -0.3 is 5.32 Å². The summed E-state index contributed by atoms with van der Waals surface area (Å²) in [6.45, 7) is 0. The zero-order chi connectivity index (χ0) is 14.8. The van der Waals surface area contributed by atoms with Crippen LogP contribution in [0.4, 0.5) is 11.6 Å². The Kier molecular flexibility index (Phi) is 3.42. The monoisotopic (exact) mass is 291 g/mol. The van der Waals surface area contributed by atoms with Gasteiger partial charge in [-0.25, -0.2) is 15.0 Å². The number of nitrogens with one attached hydrogen (secondary N) is 1. The lowest BCUT2D eigenvalue weighted by atomic mass is 9.91. The Labute approximate surface area is 127 Å². The fraction of sp³-hybridized carbons (Fsp3) is 0. The minimum Gasteiger partial charge on any atom is -0.324 e. The van der Waals surface area contributed by atoms with E-state index < -0.39 is 0 Å². The molecule has 98 valence electrons. The molecule has 0 unspecified atom stereocenters. The molecule has 0 spiro atoms. The highest BCUT2D eigenvalue weighted by molar-refractivity contribution is 6.42. The van der Waals surface area contributed by atoms with Gasteiger partial charge in [0.1, 0.15) is 25.6 Å². The Hall–Kier alpha value is -2.65. The number of nitrogens with zero attached hydrogens (tertiary/aromatic N) is 4. The number of benzene rings is 1. The van der Waals surface area contributed by atoms with Gasteiger partial charge in [-0.15, -0.1) is 0 Å². The molecular weight excluding hydrogens is 284 g/mol.